The number of hydrogen-bond acceptors (Lipinski definition) is 5. The molecule has 7 heteroatoms. The molecule has 0 fully saturated rings. The summed E-state index contributed by atoms with van der Waals surface area (Å²) >= 11 is 0. The van der Waals surface area contributed by atoms with E-state index in [2.05, 4.69) is 0 Å². The van der Waals surface area contributed by atoms with Crippen molar-refractivity contribution in [2.45, 2.75) is 31.9 Å². The zero-order valence-electron chi connectivity index (χ0n) is 15.3. The Hall–Kier alpha value is -3.03. The van der Waals surface area contributed by atoms with Crippen molar-refractivity contribution in [3.8, 4) is 0 Å². The highest BCUT2D eigenvalue weighted by Crippen LogP contribution is 2.26. The lowest BCUT2D eigenvalue weighted by Gasteiger charge is -2.34. The van der Waals surface area contributed by atoms with Crippen molar-refractivity contribution in [1.82, 2.24) is 10.3 Å². The molecule has 0 saturated carbocycles. The van der Waals surface area contributed by atoms with Gasteiger partial charge in [-0.25, -0.2) is 5.84 Å². The average Bonchev–Trinajstić information content (AvgIpc) is 2.68. The number of hydrogen-bond donors (Lipinski definition) is 3. The molecule has 0 aliphatic carbocycles. The standard InChI is InChI=1S/C20H23N3O4/c1-14(17-11-7-4-8-12-17)23(15(2)24)19(26)20(27,18(25)22-21)13-16-9-5-3-6-10-16/h3-12,14,27H,13,21H2,1-2H3,(H,22,25)/t14-,20-/m1/s1. The van der Waals surface area contributed by atoms with Gasteiger partial charge in [-0.05, 0) is 18.1 Å². The topological polar surface area (TPSA) is 113 Å². The number of nitrogens with two attached hydrogens (primary N) is 1. The maximum absolute atomic E-state index is 13.2. The average molecular weight is 369 g/mol. The van der Waals surface area contributed by atoms with Crippen molar-refractivity contribution < 1.29 is 19.5 Å². The highest BCUT2D eigenvalue weighted by atomic mass is 16.3. The fourth-order valence-electron chi connectivity index (χ4n) is 2.94. The second-order valence-electron chi connectivity index (χ2n) is 6.28. The Balaban J connectivity index is 2.44. The second-order valence-corrected chi connectivity index (χ2v) is 6.28. The molecule has 0 spiro atoms. The van der Waals surface area contributed by atoms with Crippen molar-refractivity contribution >= 4 is 17.7 Å². The summed E-state index contributed by atoms with van der Waals surface area (Å²) in [6, 6.07) is 16.7. The van der Waals surface area contributed by atoms with Crippen LogP contribution >= 0.6 is 0 Å². The number of aliphatic hydroxyl groups is 1. The first kappa shape index (κ1) is 20.3. The molecule has 0 aromatic heterocycles. The van der Waals surface area contributed by atoms with Crippen LogP contribution in [0.5, 0.6) is 0 Å². The molecule has 3 amide bonds. The lowest BCUT2D eigenvalue weighted by atomic mass is 9.91. The van der Waals surface area contributed by atoms with E-state index in [0.29, 0.717) is 11.1 Å². The number of amides is 3. The van der Waals surface area contributed by atoms with E-state index in [1.807, 2.05) is 11.5 Å². The molecule has 4 N–H and O–H groups in total. The monoisotopic (exact) mass is 369 g/mol. The largest absolute Gasteiger partial charge is 0.371 e. The van der Waals surface area contributed by atoms with Gasteiger partial charge in [0, 0.05) is 13.3 Å². The zero-order chi connectivity index (χ0) is 20.0. The fraction of sp³-hybridized carbons (Fsp3) is 0.250. The van der Waals surface area contributed by atoms with Crippen LogP contribution < -0.4 is 11.3 Å². The van der Waals surface area contributed by atoms with E-state index in [1.165, 1.54) is 6.92 Å². The van der Waals surface area contributed by atoms with Gasteiger partial charge in [0.15, 0.2) is 0 Å². The highest BCUT2D eigenvalue weighted by Gasteiger charge is 2.48. The first-order valence-electron chi connectivity index (χ1n) is 8.47. The summed E-state index contributed by atoms with van der Waals surface area (Å²) in [6.45, 7) is 2.86. The van der Waals surface area contributed by atoms with Gasteiger partial charge in [0.1, 0.15) is 0 Å². The Labute approximate surface area is 157 Å². The van der Waals surface area contributed by atoms with Crippen LogP contribution in [0.3, 0.4) is 0 Å². The summed E-state index contributed by atoms with van der Waals surface area (Å²) in [4.78, 5) is 38.6. The van der Waals surface area contributed by atoms with Crippen LogP contribution in [0.1, 0.15) is 31.0 Å². The van der Waals surface area contributed by atoms with Gasteiger partial charge in [0.25, 0.3) is 11.8 Å². The van der Waals surface area contributed by atoms with E-state index < -0.39 is 29.4 Å². The van der Waals surface area contributed by atoms with Crippen molar-refractivity contribution in [3.05, 3.63) is 71.8 Å². The maximum atomic E-state index is 13.2. The van der Waals surface area contributed by atoms with Gasteiger partial charge in [-0.15, -0.1) is 0 Å². The van der Waals surface area contributed by atoms with E-state index in [9.17, 15) is 19.5 Å². The number of imide groups is 1. The smallest absolute Gasteiger partial charge is 0.276 e. The van der Waals surface area contributed by atoms with Gasteiger partial charge in [-0.3, -0.25) is 24.7 Å². The third kappa shape index (κ3) is 4.39. The molecule has 0 aliphatic rings. The molecule has 2 aromatic rings. The van der Waals surface area contributed by atoms with Gasteiger partial charge in [-0.2, -0.15) is 0 Å². The Morgan fingerprint density at radius 3 is 2.07 bits per heavy atom. The van der Waals surface area contributed by atoms with Crippen LogP contribution in [0.2, 0.25) is 0 Å². The van der Waals surface area contributed by atoms with Gasteiger partial charge in [-0.1, -0.05) is 60.7 Å². The van der Waals surface area contributed by atoms with Crippen LogP contribution in [0, 0.1) is 0 Å². The van der Waals surface area contributed by atoms with E-state index in [1.54, 1.807) is 61.5 Å². The lowest BCUT2D eigenvalue weighted by Crippen LogP contribution is -2.61. The molecule has 0 bridgehead atoms. The molecular formula is C20H23N3O4. The van der Waals surface area contributed by atoms with Crippen molar-refractivity contribution in [1.29, 1.82) is 0 Å². The Kier molecular flexibility index (Phi) is 6.44. The van der Waals surface area contributed by atoms with E-state index in [0.717, 1.165) is 4.90 Å². The molecule has 0 radical (unpaired) electrons. The predicted molar refractivity (Wildman–Crippen MR) is 99.8 cm³/mol. The number of nitrogens with one attached hydrogen (secondary N) is 1. The second kappa shape index (κ2) is 8.57. The molecule has 0 aliphatic heterocycles. The molecule has 27 heavy (non-hydrogen) atoms. The first-order chi connectivity index (χ1) is 12.8. The number of hydrazine groups is 1. The molecule has 2 aromatic carbocycles. The fourth-order valence-corrected chi connectivity index (χ4v) is 2.94. The minimum absolute atomic E-state index is 0.318. The predicted octanol–water partition coefficient (Wildman–Crippen LogP) is 1.09. The van der Waals surface area contributed by atoms with Crippen LogP contribution in [0.4, 0.5) is 0 Å². The summed E-state index contributed by atoms with van der Waals surface area (Å²) in [5, 5.41) is 11.0. The Bertz CT molecular complexity index is 810. The molecular weight excluding hydrogens is 346 g/mol. The number of carbonyl (C=O) groups is 3. The third-order valence-electron chi connectivity index (χ3n) is 4.39. The first-order valence-corrected chi connectivity index (χ1v) is 8.47. The van der Waals surface area contributed by atoms with Crippen LogP contribution in [-0.4, -0.2) is 33.3 Å². The SMILES string of the molecule is CC(=O)N(C(=O)[C@@](O)(Cc1ccccc1)C(=O)NN)[C@H](C)c1ccccc1. The van der Waals surface area contributed by atoms with Gasteiger partial charge in [0.2, 0.25) is 11.5 Å². The van der Waals surface area contributed by atoms with E-state index in [4.69, 9.17) is 5.84 Å². The van der Waals surface area contributed by atoms with Gasteiger partial charge in [0.05, 0.1) is 6.04 Å². The quantitative estimate of drug-likeness (QED) is 0.305. The lowest BCUT2D eigenvalue weighted by molar-refractivity contribution is -0.166. The molecule has 142 valence electrons. The zero-order valence-corrected chi connectivity index (χ0v) is 15.3. The molecule has 0 saturated heterocycles. The summed E-state index contributed by atoms with van der Waals surface area (Å²) in [6.07, 6.45) is -0.318. The number of benzene rings is 2. The molecule has 2 atom stereocenters. The van der Waals surface area contributed by atoms with Crippen LogP contribution in [0.15, 0.2) is 60.7 Å². The van der Waals surface area contributed by atoms with Crippen molar-refractivity contribution in [3.63, 3.8) is 0 Å². The molecule has 2 rings (SSSR count). The summed E-state index contributed by atoms with van der Waals surface area (Å²) in [5.41, 5.74) is 0.548. The summed E-state index contributed by atoms with van der Waals surface area (Å²) in [7, 11) is 0. The number of carbonyl (C=O) groups excluding carboxylic acids is 3. The summed E-state index contributed by atoms with van der Waals surface area (Å²) in [5.74, 6) is 2.50. The molecule has 0 heterocycles. The van der Waals surface area contributed by atoms with E-state index >= 15 is 0 Å². The Morgan fingerprint density at radius 2 is 1.59 bits per heavy atom. The molecule has 7 nitrogen and oxygen atoms in total. The highest BCUT2D eigenvalue weighted by molar-refractivity contribution is 6.12. The minimum atomic E-state index is -2.52. The Morgan fingerprint density at radius 1 is 1.07 bits per heavy atom. The number of nitrogens with zero attached hydrogens (tertiary/aromatic N) is 1. The normalized spacial score (nSPS) is 13.9. The van der Waals surface area contributed by atoms with Crippen LogP contribution in [0.25, 0.3) is 0 Å². The maximum Gasteiger partial charge on any atom is 0.276 e. The van der Waals surface area contributed by atoms with Crippen molar-refractivity contribution in [2.75, 3.05) is 0 Å². The van der Waals surface area contributed by atoms with Crippen molar-refractivity contribution in [2.24, 2.45) is 5.84 Å². The van der Waals surface area contributed by atoms with E-state index in [-0.39, 0.29) is 6.42 Å². The van der Waals surface area contributed by atoms with Crippen LogP contribution in [-0.2, 0) is 20.8 Å². The number of rotatable bonds is 6. The van der Waals surface area contributed by atoms with Gasteiger partial charge < -0.3 is 5.11 Å². The molecule has 0 unspecified atom stereocenters. The summed E-state index contributed by atoms with van der Waals surface area (Å²) < 4.78 is 0. The minimum Gasteiger partial charge on any atom is -0.371 e. The third-order valence-corrected chi connectivity index (χ3v) is 4.39. The van der Waals surface area contributed by atoms with Gasteiger partial charge >= 0.3 is 0 Å².